The van der Waals surface area contributed by atoms with Gasteiger partial charge in [0, 0.05) is 10.9 Å². The molecule has 1 aromatic heterocycles. The molecule has 0 saturated heterocycles. The van der Waals surface area contributed by atoms with Crippen LogP contribution in [0.4, 0.5) is 0 Å². The Hall–Kier alpha value is -1.20. The number of benzene rings is 1. The molecule has 0 unspecified atom stereocenters. The SMILES string of the molecule is CNCC(=O)c1cccc2n[nH]c(Br)c12. The maximum absolute atomic E-state index is 11.8. The number of rotatable bonds is 3. The van der Waals surface area contributed by atoms with Crippen molar-refractivity contribution in [2.24, 2.45) is 0 Å². The van der Waals surface area contributed by atoms with E-state index in [4.69, 9.17) is 0 Å². The summed E-state index contributed by atoms with van der Waals surface area (Å²) in [7, 11) is 1.75. The molecule has 4 nitrogen and oxygen atoms in total. The van der Waals surface area contributed by atoms with Crippen LogP contribution in [-0.4, -0.2) is 29.6 Å². The first kappa shape index (κ1) is 10.3. The number of ketones is 1. The van der Waals surface area contributed by atoms with Crippen molar-refractivity contribution < 1.29 is 4.79 Å². The topological polar surface area (TPSA) is 57.8 Å². The molecule has 0 spiro atoms. The normalized spacial score (nSPS) is 10.8. The summed E-state index contributed by atoms with van der Waals surface area (Å²) >= 11 is 3.35. The maximum atomic E-state index is 11.8. The van der Waals surface area contributed by atoms with Crippen LogP contribution in [0.3, 0.4) is 0 Å². The van der Waals surface area contributed by atoms with Crippen molar-refractivity contribution in [1.82, 2.24) is 15.5 Å². The number of hydrogen-bond acceptors (Lipinski definition) is 3. The number of halogens is 1. The number of aromatic amines is 1. The molecular weight excluding hydrogens is 258 g/mol. The van der Waals surface area contributed by atoms with Crippen molar-refractivity contribution in [3.05, 3.63) is 28.4 Å². The Morgan fingerprint density at radius 2 is 2.40 bits per heavy atom. The summed E-state index contributed by atoms with van der Waals surface area (Å²) in [6.45, 7) is 0.330. The minimum absolute atomic E-state index is 0.0604. The van der Waals surface area contributed by atoms with E-state index in [1.807, 2.05) is 18.2 Å². The molecule has 1 heterocycles. The van der Waals surface area contributed by atoms with Crippen LogP contribution in [0.15, 0.2) is 22.8 Å². The second-order valence-electron chi connectivity index (χ2n) is 3.19. The van der Waals surface area contributed by atoms with Crippen LogP contribution in [0.1, 0.15) is 10.4 Å². The number of nitrogens with zero attached hydrogens (tertiary/aromatic N) is 1. The van der Waals surface area contributed by atoms with E-state index in [1.54, 1.807) is 7.05 Å². The van der Waals surface area contributed by atoms with Crippen molar-refractivity contribution in [2.75, 3.05) is 13.6 Å². The highest BCUT2D eigenvalue weighted by molar-refractivity contribution is 9.10. The van der Waals surface area contributed by atoms with E-state index in [1.165, 1.54) is 0 Å². The van der Waals surface area contributed by atoms with E-state index in [0.717, 1.165) is 15.5 Å². The summed E-state index contributed by atoms with van der Waals surface area (Å²) < 4.78 is 0.748. The van der Waals surface area contributed by atoms with Crippen LogP contribution in [0.2, 0.25) is 0 Å². The van der Waals surface area contributed by atoms with Gasteiger partial charge in [0.1, 0.15) is 4.60 Å². The highest BCUT2D eigenvalue weighted by Gasteiger charge is 2.13. The lowest BCUT2D eigenvalue weighted by atomic mass is 10.1. The summed E-state index contributed by atoms with van der Waals surface area (Å²) in [5.74, 6) is 0.0604. The van der Waals surface area contributed by atoms with Gasteiger partial charge >= 0.3 is 0 Å². The van der Waals surface area contributed by atoms with Crippen LogP contribution in [0.5, 0.6) is 0 Å². The van der Waals surface area contributed by atoms with Crippen LogP contribution in [-0.2, 0) is 0 Å². The number of fused-ring (bicyclic) bond motifs is 1. The van der Waals surface area contributed by atoms with E-state index in [9.17, 15) is 4.79 Å². The number of hydrogen-bond donors (Lipinski definition) is 2. The van der Waals surface area contributed by atoms with Crippen LogP contribution < -0.4 is 5.32 Å². The molecule has 2 N–H and O–H groups in total. The lowest BCUT2D eigenvalue weighted by Crippen LogP contribution is -2.18. The summed E-state index contributed by atoms with van der Waals surface area (Å²) in [6.07, 6.45) is 0. The Balaban J connectivity index is 2.59. The van der Waals surface area contributed by atoms with Crippen LogP contribution in [0.25, 0.3) is 10.9 Å². The third-order valence-corrected chi connectivity index (χ3v) is 2.75. The second kappa shape index (κ2) is 4.12. The first-order valence-corrected chi connectivity index (χ1v) is 5.33. The largest absolute Gasteiger partial charge is 0.313 e. The van der Waals surface area contributed by atoms with Gasteiger partial charge in [0.05, 0.1) is 12.1 Å². The molecule has 0 aliphatic carbocycles. The molecule has 0 bridgehead atoms. The molecule has 2 rings (SSSR count). The molecule has 0 saturated carbocycles. The predicted octanol–water partition coefficient (Wildman–Crippen LogP) is 1.73. The molecule has 78 valence electrons. The molecule has 2 aromatic rings. The first-order chi connectivity index (χ1) is 7.24. The zero-order valence-corrected chi connectivity index (χ0v) is 9.76. The number of nitrogens with one attached hydrogen (secondary N) is 2. The van der Waals surface area contributed by atoms with Crippen molar-refractivity contribution in [3.8, 4) is 0 Å². The molecule has 0 aliphatic rings. The molecule has 1 aromatic carbocycles. The lowest BCUT2D eigenvalue weighted by molar-refractivity contribution is 0.0995. The Bertz CT molecular complexity index is 506. The van der Waals surface area contributed by atoms with E-state index in [0.29, 0.717) is 12.1 Å². The minimum Gasteiger partial charge on any atom is -0.313 e. The maximum Gasteiger partial charge on any atom is 0.177 e. The third-order valence-electron chi connectivity index (χ3n) is 2.17. The lowest BCUT2D eigenvalue weighted by Gasteiger charge is -2.01. The number of carbonyl (C=O) groups is 1. The van der Waals surface area contributed by atoms with Gasteiger partial charge in [-0.15, -0.1) is 0 Å². The van der Waals surface area contributed by atoms with E-state index in [-0.39, 0.29) is 5.78 Å². The smallest absolute Gasteiger partial charge is 0.177 e. The van der Waals surface area contributed by atoms with Gasteiger partial charge in [0.25, 0.3) is 0 Å². The van der Waals surface area contributed by atoms with E-state index >= 15 is 0 Å². The Kier molecular flexibility index (Phi) is 2.83. The van der Waals surface area contributed by atoms with Crippen molar-refractivity contribution in [2.45, 2.75) is 0 Å². The molecule has 0 aliphatic heterocycles. The van der Waals surface area contributed by atoms with E-state index in [2.05, 4.69) is 31.4 Å². The second-order valence-corrected chi connectivity index (χ2v) is 3.98. The highest BCUT2D eigenvalue weighted by atomic mass is 79.9. The van der Waals surface area contributed by atoms with Crippen molar-refractivity contribution >= 4 is 32.6 Å². The molecule has 0 atom stereocenters. The fourth-order valence-electron chi connectivity index (χ4n) is 1.52. The number of aromatic nitrogens is 2. The molecular formula is C10H10BrN3O. The van der Waals surface area contributed by atoms with Gasteiger partial charge in [-0.2, -0.15) is 5.10 Å². The highest BCUT2D eigenvalue weighted by Crippen LogP contribution is 2.24. The fourth-order valence-corrected chi connectivity index (χ4v) is 2.02. The van der Waals surface area contributed by atoms with Gasteiger partial charge < -0.3 is 5.32 Å². The van der Waals surface area contributed by atoms with Crippen molar-refractivity contribution in [1.29, 1.82) is 0 Å². The Morgan fingerprint density at radius 3 is 3.13 bits per heavy atom. The zero-order chi connectivity index (χ0) is 10.8. The molecule has 5 heteroatoms. The number of Topliss-reactive ketones (excluding diaryl/α,β-unsaturated/α-hetero) is 1. The Labute approximate surface area is 95.2 Å². The van der Waals surface area contributed by atoms with Gasteiger partial charge in [0.15, 0.2) is 5.78 Å². The predicted molar refractivity (Wildman–Crippen MR) is 62.1 cm³/mol. The summed E-state index contributed by atoms with van der Waals surface area (Å²) in [6, 6.07) is 5.51. The third kappa shape index (κ3) is 1.80. The van der Waals surface area contributed by atoms with Gasteiger partial charge in [-0.1, -0.05) is 12.1 Å². The van der Waals surface area contributed by atoms with Gasteiger partial charge in [0.2, 0.25) is 0 Å². The van der Waals surface area contributed by atoms with Crippen molar-refractivity contribution in [3.63, 3.8) is 0 Å². The standard InChI is InChI=1S/C10H10BrN3O/c1-12-5-8(15)6-3-2-4-7-9(6)10(11)14-13-7/h2-4,12H,5H2,1H3,(H,13,14). The van der Waals surface area contributed by atoms with Crippen LogP contribution in [0, 0.1) is 0 Å². The molecule has 0 fully saturated rings. The van der Waals surface area contributed by atoms with Gasteiger partial charge in [-0.25, -0.2) is 0 Å². The minimum atomic E-state index is 0.0604. The number of carbonyl (C=O) groups excluding carboxylic acids is 1. The Morgan fingerprint density at radius 1 is 1.60 bits per heavy atom. The zero-order valence-electron chi connectivity index (χ0n) is 8.17. The number of H-pyrrole nitrogens is 1. The number of likely N-dealkylation sites (N-methyl/N-ethyl adjacent to an activating group) is 1. The van der Waals surface area contributed by atoms with Gasteiger partial charge in [-0.05, 0) is 29.0 Å². The average Bonchev–Trinajstić information content (AvgIpc) is 2.61. The van der Waals surface area contributed by atoms with Crippen LogP contribution >= 0.6 is 15.9 Å². The molecule has 15 heavy (non-hydrogen) atoms. The first-order valence-electron chi connectivity index (χ1n) is 4.54. The fraction of sp³-hybridized carbons (Fsp3) is 0.200. The summed E-state index contributed by atoms with van der Waals surface area (Å²) in [5, 5.41) is 10.6. The molecule has 0 radical (unpaired) electrons. The van der Waals surface area contributed by atoms with Gasteiger partial charge in [-0.3, -0.25) is 9.89 Å². The monoisotopic (exact) mass is 267 g/mol. The summed E-state index contributed by atoms with van der Waals surface area (Å²) in [4.78, 5) is 11.8. The van der Waals surface area contributed by atoms with E-state index < -0.39 is 0 Å². The quantitative estimate of drug-likeness (QED) is 0.833. The average molecular weight is 268 g/mol. The molecule has 0 amide bonds. The summed E-state index contributed by atoms with van der Waals surface area (Å²) in [5.41, 5.74) is 1.48.